The van der Waals surface area contributed by atoms with Crippen molar-refractivity contribution in [3.05, 3.63) is 24.2 Å². The summed E-state index contributed by atoms with van der Waals surface area (Å²) in [6.07, 6.45) is 2.16. The van der Waals surface area contributed by atoms with Gasteiger partial charge in [0.2, 0.25) is 5.91 Å². The molecule has 1 aliphatic rings. The Labute approximate surface area is 108 Å². The molecule has 0 saturated carbocycles. The highest BCUT2D eigenvalue weighted by atomic mass is 16.3. The Balaban J connectivity index is 1.69. The van der Waals surface area contributed by atoms with Gasteiger partial charge in [-0.2, -0.15) is 0 Å². The van der Waals surface area contributed by atoms with E-state index in [4.69, 9.17) is 4.42 Å². The smallest absolute Gasteiger partial charge is 0.221 e. The summed E-state index contributed by atoms with van der Waals surface area (Å²) in [6.45, 7) is 6.65. The van der Waals surface area contributed by atoms with Crippen molar-refractivity contribution < 1.29 is 9.21 Å². The number of hydrogen-bond acceptors (Lipinski definition) is 4. The summed E-state index contributed by atoms with van der Waals surface area (Å²) in [5.41, 5.74) is 0. The minimum Gasteiger partial charge on any atom is -0.467 e. The fourth-order valence-electron chi connectivity index (χ4n) is 2.19. The molecule has 1 aromatic heterocycles. The first-order valence-corrected chi connectivity index (χ1v) is 6.49. The number of piperazine rings is 1. The molecule has 0 bridgehead atoms. The Morgan fingerprint density at radius 1 is 1.56 bits per heavy atom. The molecule has 100 valence electrons. The number of nitrogens with one attached hydrogen (secondary N) is 2. The second-order valence-corrected chi connectivity index (χ2v) is 4.70. The normalized spacial score (nSPS) is 18.5. The summed E-state index contributed by atoms with van der Waals surface area (Å²) in [6, 6.07) is 3.98. The number of furan rings is 1. The third kappa shape index (κ3) is 3.85. The van der Waals surface area contributed by atoms with Crippen LogP contribution in [0.5, 0.6) is 0 Å². The van der Waals surface area contributed by atoms with Gasteiger partial charge in [-0.15, -0.1) is 0 Å². The van der Waals surface area contributed by atoms with Crippen LogP contribution in [0.1, 0.15) is 19.1 Å². The Hall–Kier alpha value is -1.33. The van der Waals surface area contributed by atoms with Gasteiger partial charge in [0.15, 0.2) is 0 Å². The number of carbonyl (C=O) groups is 1. The number of carbonyl (C=O) groups excluding carboxylic acids is 1. The van der Waals surface area contributed by atoms with E-state index in [2.05, 4.69) is 22.5 Å². The monoisotopic (exact) mass is 251 g/mol. The number of rotatable bonds is 5. The van der Waals surface area contributed by atoms with E-state index in [-0.39, 0.29) is 5.91 Å². The van der Waals surface area contributed by atoms with Crippen LogP contribution in [0.2, 0.25) is 0 Å². The predicted octanol–water partition coefficient (Wildman–Crippen LogP) is 0.580. The average molecular weight is 251 g/mol. The summed E-state index contributed by atoms with van der Waals surface area (Å²) in [5, 5.41) is 6.19. The number of nitrogens with zero attached hydrogens (tertiary/aromatic N) is 1. The first kappa shape index (κ1) is 13.1. The Bertz CT molecular complexity index is 358. The lowest BCUT2D eigenvalue weighted by Crippen LogP contribution is -2.48. The van der Waals surface area contributed by atoms with E-state index in [0.717, 1.165) is 31.9 Å². The zero-order valence-corrected chi connectivity index (χ0v) is 10.8. The highest BCUT2D eigenvalue weighted by Crippen LogP contribution is 2.05. The van der Waals surface area contributed by atoms with E-state index in [9.17, 15) is 4.79 Å². The van der Waals surface area contributed by atoms with Gasteiger partial charge in [-0.3, -0.25) is 9.69 Å². The van der Waals surface area contributed by atoms with Gasteiger partial charge < -0.3 is 15.1 Å². The summed E-state index contributed by atoms with van der Waals surface area (Å²) < 4.78 is 5.17. The van der Waals surface area contributed by atoms with Gasteiger partial charge >= 0.3 is 0 Å². The molecule has 1 aromatic rings. The van der Waals surface area contributed by atoms with Crippen LogP contribution in [0, 0.1) is 0 Å². The SMILES string of the molecule is CC(CC(=O)NCc1ccco1)N1CCNCC1. The van der Waals surface area contributed by atoms with Gasteiger partial charge in [0, 0.05) is 38.6 Å². The Morgan fingerprint density at radius 2 is 2.33 bits per heavy atom. The molecule has 1 fully saturated rings. The van der Waals surface area contributed by atoms with Crippen LogP contribution in [0.4, 0.5) is 0 Å². The van der Waals surface area contributed by atoms with Crippen molar-refractivity contribution in [3.63, 3.8) is 0 Å². The largest absolute Gasteiger partial charge is 0.467 e. The fraction of sp³-hybridized carbons (Fsp3) is 0.615. The van der Waals surface area contributed by atoms with Crippen LogP contribution in [0.25, 0.3) is 0 Å². The molecule has 1 aliphatic heterocycles. The second kappa shape index (κ2) is 6.56. The summed E-state index contributed by atoms with van der Waals surface area (Å²) in [7, 11) is 0. The van der Waals surface area contributed by atoms with Crippen molar-refractivity contribution in [3.8, 4) is 0 Å². The molecule has 1 atom stereocenters. The lowest BCUT2D eigenvalue weighted by atomic mass is 10.1. The van der Waals surface area contributed by atoms with Crippen LogP contribution >= 0.6 is 0 Å². The van der Waals surface area contributed by atoms with E-state index in [1.54, 1.807) is 6.26 Å². The molecular weight excluding hydrogens is 230 g/mol. The molecule has 2 heterocycles. The van der Waals surface area contributed by atoms with Gasteiger partial charge in [0.25, 0.3) is 0 Å². The molecule has 0 radical (unpaired) electrons. The van der Waals surface area contributed by atoms with Gasteiger partial charge in [0.05, 0.1) is 12.8 Å². The molecular formula is C13H21N3O2. The Morgan fingerprint density at radius 3 is 3.00 bits per heavy atom. The van der Waals surface area contributed by atoms with Crippen molar-refractivity contribution in [1.82, 2.24) is 15.5 Å². The van der Waals surface area contributed by atoms with Crippen molar-refractivity contribution in [2.24, 2.45) is 0 Å². The van der Waals surface area contributed by atoms with E-state index >= 15 is 0 Å². The van der Waals surface area contributed by atoms with Crippen molar-refractivity contribution >= 4 is 5.91 Å². The minimum atomic E-state index is 0.0810. The van der Waals surface area contributed by atoms with Crippen LogP contribution in [-0.2, 0) is 11.3 Å². The Kier molecular flexibility index (Phi) is 4.78. The zero-order valence-electron chi connectivity index (χ0n) is 10.8. The summed E-state index contributed by atoms with van der Waals surface area (Å²) in [4.78, 5) is 14.1. The summed E-state index contributed by atoms with van der Waals surface area (Å²) in [5.74, 6) is 0.871. The van der Waals surface area contributed by atoms with E-state index in [1.165, 1.54) is 0 Å². The third-order valence-electron chi connectivity index (χ3n) is 3.30. The molecule has 2 rings (SSSR count). The molecule has 5 heteroatoms. The average Bonchev–Trinajstić information content (AvgIpc) is 2.90. The lowest BCUT2D eigenvalue weighted by Gasteiger charge is -2.32. The van der Waals surface area contributed by atoms with Gasteiger partial charge in [-0.25, -0.2) is 0 Å². The van der Waals surface area contributed by atoms with Crippen LogP contribution in [0.15, 0.2) is 22.8 Å². The molecule has 0 aliphatic carbocycles. The molecule has 18 heavy (non-hydrogen) atoms. The van der Waals surface area contributed by atoms with Crippen molar-refractivity contribution in [1.29, 1.82) is 0 Å². The maximum absolute atomic E-state index is 11.8. The highest BCUT2D eigenvalue weighted by Gasteiger charge is 2.18. The molecule has 5 nitrogen and oxygen atoms in total. The number of amides is 1. The van der Waals surface area contributed by atoms with Crippen molar-refractivity contribution in [2.45, 2.75) is 25.9 Å². The third-order valence-corrected chi connectivity index (χ3v) is 3.30. The lowest BCUT2D eigenvalue weighted by molar-refractivity contribution is -0.122. The first-order chi connectivity index (χ1) is 8.75. The van der Waals surface area contributed by atoms with E-state index < -0.39 is 0 Å². The molecule has 1 saturated heterocycles. The summed E-state index contributed by atoms with van der Waals surface area (Å²) >= 11 is 0. The maximum atomic E-state index is 11.8. The standard InChI is InChI=1S/C13H21N3O2/c1-11(16-6-4-14-5-7-16)9-13(17)15-10-12-3-2-8-18-12/h2-3,8,11,14H,4-7,9-10H2,1H3,(H,15,17). The van der Waals surface area contributed by atoms with Gasteiger partial charge in [-0.05, 0) is 19.1 Å². The molecule has 1 amide bonds. The van der Waals surface area contributed by atoms with Crippen molar-refractivity contribution in [2.75, 3.05) is 26.2 Å². The van der Waals surface area contributed by atoms with Gasteiger partial charge in [-0.1, -0.05) is 0 Å². The number of hydrogen-bond donors (Lipinski definition) is 2. The van der Waals surface area contributed by atoms with E-state index in [0.29, 0.717) is 19.0 Å². The maximum Gasteiger partial charge on any atom is 0.221 e. The van der Waals surface area contributed by atoms with Crippen LogP contribution < -0.4 is 10.6 Å². The quantitative estimate of drug-likeness (QED) is 0.804. The molecule has 2 N–H and O–H groups in total. The van der Waals surface area contributed by atoms with Gasteiger partial charge in [0.1, 0.15) is 5.76 Å². The highest BCUT2D eigenvalue weighted by molar-refractivity contribution is 5.76. The van der Waals surface area contributed by atoms with Crippen LogP contribution in [-0.4, -0.2) is 43.0 Å². The topological polar surface area (TPSA) is 57.5 Å². The zero-order chi connectivity index (χ0) is 12.8. The second-order valence-electron chi connectivity index (χ2n) is 4.70. The molecule has 1 unspecified atom stereocenters. The first-order valence-electron chi connectivity index (χ1n) is 6.49. The van der Waals surface area contributed by atoms with Crippen LogP contribution in [0.3, 0.4) is 0 Å². The minimum absolute atomic E-state index is 0.0810. The fourth-order valence-corrected chi connectivity index (χ4v) is 2.19. The predicted molar refractivity (Wildman–Crippen MR) is 69.1 cm³/mol. The van der Waals surface area contributed by atoms with E-state index in [1.807, 2.05) is 12.1 Å². The molecule has 0 aromatic carbocycles. The molecule has 0 spiro atoms.